The van der Waals surface area contributed by atoms with Gasteiger partial charge in [0.1, 0.15) is 0 Å². The monoisotopic (exact) mass is 283 g/mol. The van der Waals surface area contributed by atoms with Gasteiger partial charge in [0.05, 0.1) is 10.3 Å². The molecular weight excluding hydrogens is 266 g/mol. The van der Waals surface area contributed by atoms with Gasteiger partial charge in [0, 0.05) is 12.2 Å². The average molecular weight is 283 g/mol. The van der Waals surface area contributed by atoms with E-state index < -0.39 is 15.4 Å². The molecule has 0 heterocycles. The molecule has 2 rings (SSSR count). The highest BCUT2D eigenvalue weighted by molar-refractivity contribution is 7.89. The van der Waals surface area contributed by atoms with E-state index in [4.69, 9.17) is 10.9 Å². The minimum absolute atomic E-state index is 0.0222. The van der Waals surface area contributed by atoms with E-state index in [9.17, 15) is 13.2 Å². The molecule has 5 N–H and O–H groups in total. The first kappa shape index (κ1) is 14.0. The number of hydrogen-bond donors (Lipinski definition) is 3. The SMILES string of the molecule is Cc1ccc(S(N)(=O)=O)cc1NC(=O)C1(CN)CC1. The molecule has 0 atom stereocenters. The van der Waals surface area contributed by atoms with Crippen LogP contribution in [0, 0.1) is 12.3 Å². The Morgan fingerprint density at radius 3 is 2.53 bits per heavy atom. The summed E-state index contributed by atoms with van der Waals surface area (Å²) in [6, 6.07) is 4.39. The van der Waals surface area contributed by atoms with E-state index in [0.29, 0.717) is 12.2 Å². The first-order valence-corrected chi connectivity index (χ1v) is 7.48. The molecule has 1 fully saturated rings. The lowest BCUT2D eigenvalue weighted by Gasteiger charge is -2.15. The summed E-state index contributed by atoms with van der Waals surface area (Å²) >= 11 is 0. The minimum Gasteiger partial charge on any atom is -0.329 e. The van der Waals surface area contributed by atoms with Crippen LogP contribution >= 0.6 is 0 Å². The van der Waals surface area contributed by atoms with Gasteiger partial charge in [-0.25, -0.2) is 13.6 Å². The van der Waals surface area contributed by atoms with Gasteiger partial charge in [-0.05, 0) is 37.5 Å². The molecular formula is C12H17N3O3S. The standard InChI is InChI=1S/C12H17N3O3S/c1-8-2-3-9(19(14,17)18)6-10(8)15-11(16)12(7-13)4-5-12/h2-3,6H,4-5,7,13H2,1H3,(H,15,16)(H2,14,17,18). The van der Waals surface area contributed by atoms with Gasteiger partial charge in [-0.1, -0.05) is 6.07 Å². The lowest BCUT2D eigenvalue weighted by molar-refractivity contribution is -0.120. The van der Waals surface area contributed by atoms with Crippen molar-refractivity contribution in [3.05, 3.63) is 23.8 Å². The quantitative estimate of drug-likeness (QED) is 0.738. The summed E-state index contributed by atoms with van der Waals surface area (Å²) in [5, 5.41) is 7.81. The maximum absolute atomic E-state index is 12.1. The van der Waals surface area contributed by atoms with E-state index in [1.165, 1.54) is 12.1 Å². The first-order chi connectivity index (χ1) is 8.78. The van der Waals surface area contributed by atoms with Gasteiger partial charge in [-0.3, -0.25) is 4.79 Å². The molecule has 0 aliphatic heterocycles. The fourth-order valence-electron chi connectivity index (χ4n) is 1.84. The summed E-state index contributed by atoms with van der Waals surface area (Å²) in [4.78, 5) is 12.0. The number of rotatable bonds is 4. The van der Waals surface area contributed by atoms with Gasteiger partial charge >= 0.3 is 0 Å². The van der Waals surface area contributed by atoms with Crippen LogP contribution in [0.3, 0.4) is 0 Å². The predicted octanol–water partition coefficient (Wildman–Crippen LogP) is 0.320. The van der Waals surface area contributed by atoms with Crippen LogP contribution in [0.1, 0.15) is 18.4 Å². The number of aryl methyl sites for hydroxylation is 1. The highest BCUT2D eigenvalue weighted by Crippen LogP contribution is 2.45. The smallest absolute Gasteiger partial charge is 0.238 e. The maximum atomic E-state index is 12.1. The summed E-state index contributed by atoms with van der Waals surface area (Å²) in [5.74, 6) is -0.162. The lowest BCUT2D eigenvalue weighted by Crippen LogP contribution is -2.31. The van der Waals surface area contributed by atoms with Crippen molar-refractivity contribution in [3.63, 3.8) is 0 Å². The van der Waals surface area contributed by atoms with Gasteiger partial charge < -0.3 is 11.1 Å². The van der Waals surface area contributed by atoms with E-state index in [1.54, 1.807) is 13.0 Å². The summed E-state index contributed by atoms with van der Waals surface area (Å²) in [5.41, 5.74) is 6.33. The van der Waals surface area contributed by atoms with Gasteiger partial charge in [-0.15, -0.1) is 0 Å². The Hall–Kier alpha value is -1.44. The number of benzene rings is 1. The number of primary sulfonamides is 1. The highest BCUT2D eigenvalue weighted by Gasteiger charge is 2.48. The van der Waals surface area contributed by atoms with E-state index in [1.807, 2.05) is 0 Å². The molecule has 1 aliphatic carbocycles. The van der Waals surface area contributed by atoms with Crippen molar-refractivity contribution >= 4 is 21.6 Å². The van der Waals surface area contributed by atoms with Gasteiger partial charge in [0.2, 0.25) is 15.9 Å². The molecule has 104 valence electrons. The number of carbonyl (C=O) groups is 1. The van der Waals surface area contributed by atoms with E-state index in [2.05, 4.69) is 5.32 Å². The Morgan fingerprint density at radius 1 is 1.42 bits per heavy atom. The van der Waals surface area contributed by atoms with Crippen molar-refractivity contribution in [2.24, 2.45) is 16.3 Å². The number of amides is 1. The average Bonchev–Trinajstić information content (AvgIpc) is 3.11. The van der Waals surface area contributed by atoms with Crippen molar-refractivity contribution < 1.29 is 13.2 Å². The Labute approximate surface area is 112 Å². The first-order valence-electron chi connectivity index (χ1n) is 5.93. The van der Waals surface area contributed by atoms with Gasteiger partial charge in [-0.2, -0.15) is 0 Å². The lowest BCUT2D eigenvalue weighted by atomic mass is 10.1. The molecule has 1 aromatic carbocycles. The number of hydrogen-bond acceptors (Lipinski definition) is 4. The van der Waals surface area contributed by atoms with Crippen molar-refractivity contribution in [3.8, 4) is 0 Å². The van der Waals surface area contributed by atoms with Gasteiger partial charge in [0.25, 0.3) is 0 Å². The fraction of sp³-hybridized carbons (Fsp3) is 0.417. The summed E-state index contributed by atoms with van der Waals surface area (Å²) in [7, 11) is -3.78. The Balaban J connectivity index is 2.28. The summed E-state index contributed by atoms with van der Waals surface area (Å²) < 4.78 is 22.6. The fourth-order valence-corrected chi connectivity index (χ4v) is 2.38. The zero-order chi connectivity index (χ0) is 14.3. The van der Waals surface area contributed by atoms with Crippen LogP contribution < -0.4 is 16.2 Å². The third-order valence-electron chi connectivity index (χ3n) is 3.51. The molecule has 1 saturated carbocycles. The zero-order valence-electron chi connectivity index (χ0n) is 10.6. The molecule has 19 heavy (non-hydrogen) atoms. The second-order valence-electron chi connectivity index (χ2n) is 4.96. The molecule has 0 aromatic heterocycles. The highest BCUT2D eigenvalue weighted by atomic mass is 32.2. The predicted molar refractivity (Wildman–Crippen MR) is 71.9 cm³/mol. The van der Waals surface area contributed by atoms with Crippen LogP contribution in [0.4, 0.5) is 5.69 Å². The Morgan fingerprint density at radius 2 is 2.05 bits per heavy atom. The van der Waals surface area contributed by atoms with Crippen LogP contribution in [0.25, 0.3) is 0 Å². The second-order valence-corrected chi connectivity index (χ2v) is 6.52. The number of carbonyl (C=O) groups excluding carboxylic acids is 1. The molecule has 0 bridgehead atoms. The van der Waals surface area contributed by atoms with Crippen LogP contribution in [0.2, 0.25) is 0 Å². The van der Waals surface area contributed by atoms with Crippen molar-refractivity contribution in [1.29, 1.82) is 0 Å². The van der Waals surface area contributed by atoms with Crippen molar-refractivity contribution in [1.82, 2.24) is 0 Å². The number of nitrogens with one attached hydrogen (secondary N) is 1. The molecule has 1 aliphatic rings. The normalized spacial score (nSPS) is 17.0. The molecule has 0 spiro atoms. The van der Waals surface area contributed by atoms with Crippen molar-refractivity contribution in [2.45, 2.75) is 24.7 Å². The molecule has 0 unspecified atom stereocenters. The maximum Gasteiger partial charge on any atom is 0.238 e. The van der Waals surface area contributed by atoms with Crippen molar-refractivity contribution in [2.75, 3.05) is 11.9 Å². The van der Waals surface area contributed by atoms with E-state index in [0.717, 1.165) is 18.4 Å². The number of nitrogens with two attached hydrogens (primary N) is 2. The van der Waals surface area contributed by atoms with Crippen LogP contribution in [0.5, 0.6) is 0 Å². The summed E-state index contributed by atoms with van der Waals surface area (Å²) in [6.07, 6.45) is 1.53. The zero-order valence-corrected chi connectivity index (χ0v) is 11.5. The van der Waals surface area contributed by atoms with Crippen LogP contribution in [-0.4, -0.2) is 20.9 Å². The molecule has 0 radical (unpaired) electrons. The minimum atomic E-state index is -3.78. The molecule has 7 heteroatoms. The number of anilines is 1. The largest absolute Gasteiger partial charge is 0.329 e. The topological polar surface area (TPSA) is 115 Å². The number of sulfonamides is 1. The Kier molecular flexibility index (Phi) is 3.38. The molecule has 1 aromatic rings. The molecule has 0 saturated heterocycles. The molecule has 6 nitrogen and oxygen atoms in total. The van der Waals surface area contributed by atoms with E-state index in [-0.39, 0.29) is 10.8 Å². The third kappa shape index (κ3) is 2.78. The second kappa shape index (κ2) is 4.59. The van der Waals surface area contributed by atoms with E-state index >= 15 is 0 Å². The third-order valence-corrected chi connectivity index (χ3v) is 4.42. The van der Waals surface area contributed by atoms with Gasteiger partial charge in [0.15, 0.2) is 0 Å². The van der Waals surface area contributed by atoms with Crippen LogP contribution in [-0.2, 0) is 14.8 Å². The Bertz CT molecular complexity index is 621. The van der Waals surface area contributed by atoms with Crippen LogP contribution in [0.15, 0.2) is 23.1 Å². The summed E-state index contributed by atoms with van der Waals surface area (Å²) in [6.45, 7) is 2.08. The molecule has 1 amide bonds.